The lowest BCUT2D eigenvalue weighted by Gasteiger charge is -2.32. The van der Waals surface area contributed by atoms with Crippen molar-refractivity contribution in [3.63, 3.8) is 0 Å². The Bertz CT molecular complexity index is 403. The van der Waals surface area contributed by atoms with Gasteiger partial charge in [0.1, 0.15) is 11.6 Å². The third-order valence-electron chi connectivity index (χ3n) is 3.57. The molecule has 1 aromatic carbocycles. The van der Waals surface area contributed by atoms with Gasteiger partial charge >= 0.3 is 0 Å². The molecule has 0 saturated heterocycles. The van der Waals surface area contributed by atoms with Crippen LogP contribution in [0.4, 0.5) is 8.78 Å². The molecule has 0 spiro atoms. The Morgan fingerprint density at radius 3 is 2.56 bits per heavy atom. The summed E-state index contributed by atoms with van der Waals surface area (Å²) >= 11 is 0. The van der Waals surface area contributed by atoms with Gasteiger partial charge in [-0.3, -0.25) is 0 Å². The first kappa shape index (κ1) is 13.4. The van der Waals surface area contributed by atoms with E-state index in [1.165, 1.54) is 18.6 Å². The van der Waals surface area contributed by atoms with Gasteiger partial charge in [-0.2, -0.15) is 0 Å². The Balaban J connectivity index is 1.84. The molecule has 4 heteroatoms. The lowest BCUT2D eigenvalue weighted by Crippen LogP contribution is -2.42. The van der Waals surface area contributed by atoms with Gasteiger partial charge in [-0.25, -0.2) is 8.78 Å². The van der Waals surface area contributed by atoms with E-state index in [1.54, 1.807) is 0 Å². The molecule has 1 aliphatic rings. The molecule has 100 valence electrons. The van der Waals surface area contributed by atoms with Crippen LogP contribution in [0.15, 0.2) is 18.2 Å². The zero-order valence-electron chi connectivity index (χ0n) is 10.4. The van der Waals surface area contributed by atoms with Gasteiger partial charge in [-0.1, -0.05) is 25.3 Å². The average molecular weight is 255 g/mol. The maximum Gasteiger partial charge on any atom is 0.130 e. The maximum atomic E-state index is 13.4. The number of hydrogen-bond donors (Lipinski definition) is 2. The molecular weight excluding hydrogens is 236 g/mol. The molecule has 1 saturated carbocycles. The molecule has 1 aliphatic carbocycles. The molecule has 18 heavy (non-hydrogen) atoms. The summed E-state index contributed by atoms with van der Waals surface area (Å²) in [6.45, 7) is 0.776. The molecule has 0 aromatic heterocycles. The molecule has 0 aliphatic heterocycles. The van der Waals surface area contributed by atoms with Crippen molar-refractivity contribution in [1.29, 1.82) is 0 Å². The van der Waals surface area contributed by atoms with E-state index in [0.717, 1.165) is 31.7 Å². The highest BCUT2D eigenvalue weighted by atomic mass is 19.1. The molecule has 1 aromatic rings. The van der Waals surface area contributed by atoms with E-state index >= 15 is 0 Å². The van der Waals surface area contributed by atoms with Crippen LogP contribution in [0.5, 0.6) is 0 Å². The fraction of sp³-hybridized carbons (Fsp3) is 0.571. The lowest BCUT2D eigenvalue weighted by molar-refractivity contribution is 0.00462. The smallest absolute Gasteiger partial charge is 0.130 e. The first-order chi connectivity index (χ1) is 8.59. The summed E-state index contributed by atoms with van der Waals surface area (Å²) < 4.78 is 26.1. The lowest BCUT2D eigenvalue weighted by atomic mass is 9.85. The van der Waals surface area contributed by atoms with Crippen LogP contribution in [0.25, 0.3) is 0 Å². The fourth-order valence-corrected chi connectivity index (χ4v) is 2.48. The van der Waals surface area contributed by atoms with Crippen molar-refractivity contribution in [2.75, 3.05) is 6.54 Å². The van der Waals surface area contributed by atoms with Crippen LogP contribution in [-0.4, -0.2) is 17.3 Å². The summed E-state index contributed by atoms with van der Waals surface area (Å²) in [5, 5.41) is 13.3. The van der Waals surface area contributed by atoms with E-state index in [-0.39, 0.29) is 0 Å². The van der Waals surface area contributed by atoms with Crippen molar-refractivity contribution >= 4 is 0 Å². The normalized spacial score (nSPS) is 18.8. The largest absolute Gasteiger partial charge is 0.389 e. The molecule has 0 amide bonds. The van der Waals surface area contributed by atoms with Crippen LogP contribution in [0.1, 0.15) is 37.7 Å². The minimum atomic E-state index is -0.658. The molecule has 2 nitrogen and oxygen atoms in total. The zero-order valence-corrected chi connectivity index (χ0v) is 10.4. The fourth-order valence-electron chi connectivity index (χ4n) is 2.48. The molecular formula is C14H19F2NO. The van der Waals surface area contributed by atoms with Crippen molar-refractivity contribution in [3.05, 3.63) is 35.4 Å². The number of nitrogens with one attached hydrogen (secondary N) is 1. The highest BCUT2D eigenvalue weighted by Crippen LogP contribution is 2.27. The summed E-state index contributed by atoms with van der Waals surface area (Å²) in [6, 6.07) is 3.56. The van der Waals surface area contributed by atoms with Crippen LogP contribution in [0.2, 0.25) is 0 Å². The molecule has 0 unspecified atom stereocenters. The van der Waals surface area contributed by atoms with Crippen molar-refractivity contribution in [2.24, 2.45) is 0 Å². The summed E-state index contributed by atoms with van der Waals surface area (Å²) in [5.74, 6) is -1.11. The van der Waals surface area contributed by atoms with Gasteiger partial charge in [-0.15, -0.1) is 0 Å². The van der Waals surface area contributed by atoms with Crippen molar-refractivity contribution in [2.45, 2.75) is 44.2 Å². The van der Waals surface area contributed by atoms with Crippen LogP contribution >= 0.6 is 0 Å². The Labute approximate surface area is 106 Å². The van der Waals surface area contributed by atoms with Crippen molar-refractivity contribution in [3.8, 4) is 0 Å². The van der Waals surface area contributed by atoms with Gasteiger partial charge in [0.05, 0.1) is 5.60 Å². The number of hydrogen-bond acceptors (Lipinski definition) is 2. The molecule has 0 bridgehead atoms. The third kappa shape index (κ3) is 3.50. The van der Waals surface area contributed by atoms with Crippen LogP contribution in [0.3, 0.4) is 0 Å². The van der Waals surface area contributed by atoms with Gasteiger partial charge in [0.2, 0.25) is 0 Å². The minimum Gasteiger partial charge on any atom is -0.389 e. The maximum absolute atomic E-state index is 13.4. The van der Waals surface area contributed by atoms with Crippen molar-refractivity contribution in [1.82, 2.24) is 5.32 Å². The SMILES string of the molecule is OC1(CNCc2ccc(F)cc2F)CCCCC1. The monoisotopic (exact) mass is 255 g/mol. The molecule has 0 radical (unpaired) electrons. The van der Waals surface area contributed by atoms with Gasteiger partial charge in [-0.05, 0) is 18.9 Å². The first-order valence-corrected chi connectivity index (χ1v) is 6.46. The number of rotatable bonds is 4. The van der Waals surface area contributed by atoms with Crippen LogP contribution < -0.4 is 5.32 Å². The van der Waals surface area contributed by atoms with E-state index < -0.39 is 17.2 Å². The van der Waals surface area contributed by atoms with E-state index in [4.69, 9.17) is 0 Å². The predicted molar refractivity (Wildman–Crippen MR) is 66.1 cm³/mol. The third-order valence-corrected chi connectivity index (χ3v) is 3.57. The van der Waals surface area contributed by atoms with E-state index in [2.05, 4.69) is 5.32 Å². The van der Waals surface area contributed by atoms with Gasteiger partial charge in [0.15, 0.2) is 0 Å². The topological polar surface area (TPSA) is 32.3 Å². The molecule has 1 fully saturated rings. The van der Waals surface area contributed by atoms with Crippen LogP contribution in [0, 0.1) is 11.6 Å². The van der Waals surface area contributed by atoms with Gasteiger partial charge in [0.25, 0.3) is 0 Å². The number of aliphatic hydroxyl groups is 1. The minimum absolute atomic E-state index is 0.314. The van der Waals surface area contributed by atoms with E-state index in [1.807, 2.05) is 0 Å². The summed E-state index contributed by atoms with van der Waals surface area (Å²) in [4.78, 5) is 0. The summed E-state index contributed by atoms with van der Waals surface area (Å²) in [6.07, 6.45) is 4.86. The molecule has 0 heterocycles. The predicted octanol–water partition coefficient (Wildman–Crippen LogP) is 2.75. The molecule has 2 rings (SSSR count). The summed E-state index contributed by atoms with van der Waals surface area (Å²) in [5.41, 5.74) is -0.231. The first-order valence-electron chi connectivity index (χ1n) is 6.46. The Kier molecular flexibility index (Phi) is 4.30. The second-order valence-corrected chi connectivity index (χ2v) is 5.12. The molecule has 0 atom stereocenters. The van der Waals surface area contributed by atoms with Crippen LogP contribution in [-0.2, 0) is 6.54 Å². The zero-order chi connectivity index (χ0) is 13.0. The second kappa shape index (κ2) is 5.76. The van der Waals surface area contributed by atoms with Gasteiger partial charge in [0, 0.05) is 24.7 Å². The standard InChI is InChI=1S/C14H19F2NO/c15-12-5-4-11(13(16)8-12)9-17-10-14(18)6-2-1-3-7-14/h4-5,8,17-18H,1-3,6-7,9-10H2. The molecule has 2 N–H and O–H groups in total. The number of benzene rings is 1. The number of halogens is 2. The van der Waals surface area contributed by atoms with Gasteiger partial charge < -0.3 is 10.4 Å². The summed E-state index contributed by atoms with van der Waals surface area (Å²) in [7, 11) is 0. The Morgan fingerprint density at radius 2 is 1.89 bits per heavy atom. The highest BCUT2D eigenvalue weighted by molar-refractivity contribution is 5.18. The quantitative estimate of drug-likeness (QED) is 0.867. The van der Waals surface area contributed by atoms with Crippen molar-refractivity contribution < 1.29 is 13.9 Å². The van der Waals surface area contributed by atoms with E-state index in [9.17, 15) is 13.9 Å². The second-order valence-electron chi connectivity index (χ2n) is 5.12. The van der Waals surface area contributed by atoms with E-state index in [0.29, 0.717) is 18.7 Å². The Morgan fingerprint density at radius 1 is 1.17 bits per heavy atom. The highest BCUT2D eigenvalue weighted by Gasteiger charge is 2.28. The average Bonchev–Trinajstić information content (AvgIpc) is 2.33. The Hall–Kier alpha value is -1.00.